The summed E-state index contributed by atoms with van der Waals surface area (Å²) in [5.74, 6) is 0.667. The van der Waals surface area contributed by atoms with Crippen LogP contribution < -0.4 is 16.8 Å². The van der Waals surface area contributed by atoms with E-state index in [-0.39, 0.29) is 0 Å². The van der Waals surface area contributed by atoms with Crippen molar-refractivity contribution in [3.8, 4) is 0 Å². The van der Waals surface area contributed by atoms with Crippen LogP contribution in [0.3, 0.4) is 0 Å². The number of halogens is 1. The van der Waals surface area contributed by atoms with E-state index in [0.717, 1.165) is 6.61 Å². The maximum Gasteiger partial charge on any atom is 0.0944 e. The first kappa shape index (κ1) is 14.6. The molecule has 0 aliphatic carbocycles. The molecule has 0 bridgehead atoms. The fraction of sp³-hybridized carbons (Fsp3) is 1.00. The van der Waals surface area contributed by atoms with Gasteiger partial charge in [-0.25, -0.2) is 0 Å². The molecule has 0 saturated carbocycles. The molecule has 0 aromatic carbocycles. The molecule has 1 unspecified atom stereocenters. The van der Waals surface area contributed by atoms with Gasteiger partial charge in [-0.1, -0.05) is 0 Å². The highest BCUT2D eigenvalue weighted by Crippen LogP contribution is 2.08. The van der Waals surface area contributed by atoms with Gasteiger partial charge in [0.15, 0.2) is 0 Å². The number of epoxide rings is 1. The van der Waals surface area contributed by atoms with Gasteiger partial charge in [0.25, 0.3) is 0 Å². The zero-order valence-electron chi connectivity index (χ0n) is 7.85. The van der Waals surface area contributed by atoms with Crippen molar-refractivity contribution in [2.75, 3.05) is 39.7 Å². The lowest BCUT2D eigenvalue weighted by molar-refractivity contribution is 0.425. The topological polar surface area (TPSA) is 76.6 Å². The van der Waals surface area contributed by atoms with E-state index in [4.69, 9.17) is 27.8 Å². The molecule has 5 N–H and O–H groups in total. The average Bonchev–Trinajstić information content (AvgIpc) is 2.89. The van der Waals surface area contributed by atoms with Crippen LogP contribution in [0.25, 0.3) is 0 Å². The first-order chi connectivity index (χ1) is 5.76. The molecule has 0 aromatic heterocycles. The van der Waals surface area contributed by atoms with Gasteiger partial charge in [0.2, 0.25) is 0 Å². The third-order valence-corrected chi connectivity index (χ3v) is 1.09. The summed E-state index contributed by atoms with van der Waals surface area (Å²) in [7, 11) is 3.75. The van der Waals surface area contributed by atoms with Crippen molar-refractivity contribution >= 4 is 11.6 Å². The minimum atomic E-state index is 0.400. The van der Waals surface area contributed by atoms with Crippen LogP contribution in [0.5, 0.6) is 0 Å². The standard InChI is InChI=1S/C3H5ClO.C2H8N2.C2H7N/c4-1-3-2-5-3;3-1-2-4;1-3-2/h3H,1-2H2;1-4H2;3H,1-2H3. The fourth-order valence-corrected chi connectivity index (χ4v) is 0.335. The van der Waals surface area contributed by atoms with Gasteiger partial charge in [0, 0.05) is 13.1 Å². The maximum atomic E-state index is 5.27. The number of nitrogens with one attached hydrogen (secondary N) is 1. The lowest BCUT2D eigenvalue weighted by atomic mass is 10.6. The Bertz CT molecular complexity index is 69.7. The van der Waals surface area contributed by atoms with E-state index in [0.29, 0.717) is 25.1 Å². The summed E-state index contributed by atoms with van der Waals surface area (Å²) in [5.41, 5.74) is 9.81. The van der Waals surface area contributed by atoms with Crippen molar-refractivity contribution in [2.45, 2.75) is 6.10 Å². The summed E-state index contributed by atoms with van der Waals surface area (Å²) in [6.07, 6.45) is 0.400. The highest BCUT2D eigenvalue weighted by Gasteiger charge is 2.19. The number of alkyl halides is 1. The summed E-state index contributed by atoms with van der Waals surface area (Å²) in [5, 5.41) is 2.75. The zero-order valence-corrected chi connectivity index (χ0v) is 8.60. The molecule has 4 nitrogen and oxygen atoms in total. The summed E-state index contributed by atoms with van der Waals surface area (Å²) in [4.78, 5) is 0. The Labute approximate surface area is 79.6 Å². The third-order valence-electron chi connectivity index (χ3n) is 0.741. The van der Waals surface area contributed by atoms with E-state index < -0.39 is 0 Å². The Morgan fingerprint density at radius 3 is 1.75 bits per heavy atom. The molecule has 0 spiro atoms. The molecule has 1 rings (SSSR count). The maximum absolute atomic E-state index is 5.27. The highest BCUT2D eigenvalue weighted by atomic mass is 35.5. The molecule has 5 heteroatoms. The molecule has 1 atom stereocenters. The minimum Gasteiger partial charge on any atom is -0.372 e. The fourth-order valence-electron chi connectivity index (χ4n) is 0.157. The van der Waals surface area contributed by atoms with Crippen molar-refractivity contribution in [3.05, 3.63) is 0 Å². The third kappa shape index (κ3) is 22.5. The van der Waals surface area contributed by atoms with Crippen LogP contribution in [0.4, 0.5) is 0 Å². The van der Waals surface area contributed by atoms with Crippen LogP contribution in [0.1, 0.15) is 0 Å². The molecule has 0 aromatic rings. The van der Waals surface area contributed by atoms with Crippen LogP contribution >= 0.6 is 11.6 Å². The molecular weight excluding hydrogens is 178 g/mol. The molecule has 1 fully saturated rings. The molecule has 12 heavy (non-hydrogen) atoms. The Morgan fingerprint density at radius 1 is 1.42 bits per heavy atom. The Morgan fingerprint density at radius 2 is 1.75 bits per heavy atom. The number of ether oxygens (including phenoxy) is 1. The van der Waals surface area contributed by atoms with Gasteiger partial charge in [0.1, 0.15) is 0 Å². The molecule has 76 valence electrons. The zero-order chi connectivity index (χ0) is 9.82. The van der Waals surface area contributed by atoms with Crippen molar-refractivity contribution < 1.29 is 4.74 Å². The van der Waals surface area contributed by atoms with E-state index in [1.807, 2.05) is 14.1 Å². The number of hydrogen-bond donors (Lipinski definition) is 3. The van der Waals surface area contributed by atoms with Gasteiger partial charge < -0.3 is 21.5 Å². The average molecular weight is 198 g/mol. The van der Waals surface area contributed by atoms with Gasteiger partial charge >= 0.3 is 0 Å². The Balaban J connectivity index is 0. The lowest BCUT2D eigenvalue weighted by Gasteiger charge is -1.72. The Kier molecular flexibility index (Phi) is 16.7. The smallest absolute Gasteiger partial charge is 0.0944 e. The van der Waals surface area contributed by atoms with Crippen LogP contribution in [0.15, 0.2) is 0 Å². The van der Waals surface area contributed by atoms with Crippen molar-refractivity contribution in [3.63, 3.8) is 0 Å². The van der Waals surface area contributed by atoms with Gasteiger partial charge in [-0.3, -0.25) is 0 Å². The molecule has 1 saturated heterocycles. The lowest BCUT2D eigenvalue weighted by Crippen LogP contribution is -2.11. The van der Waals surface area contributed by atoms with E-state index >= 15 is 0 Å². The summed E-state index contributed by atoms with van der Waals surface area (Å²) < 4.78 is 4.73. The number of hydrogen-bond acceptors (Lipinski definition) is 4. The SMILES string of the molecule is CNC.ClCC1CO1.NCCN. The second-order valence-corrected chi connectivity index (χ2v) is 2.50. The summed E-state index contributed by atoms with van der Waals surface area (Å²) in [6.45, 7) is 2.07. The molecule has 1 aliphatic heterocycles. The molecule has 1 heterocycles. The van der Waals surface area contributed by atoms with Gasteiger partial charge in [-0.15, -0.1) is 11.6 Å². The molecule has 1 aliphatic rings. The number of rotatable bonds is 2. The largest absolute Gasteiger partial charge is 0.372 e. The van der Waals surface area contributed by atoms with Gasteiger partial charge in [-0.2, -0.15) is 0 Å². The highest BCUT2D eigenvalue weighted by molar-refractivity contribution is 6.18. The van der Waals surface area contributed by atoms with Crippen LogP contribution in [-0.2, 0) is 4.74 Å². The predicted molar refractivity (Wildman–Crippen MR) is 53.6 cm³/mol. The molecular formula is C7H20ClN3O. The van der Waals surface area contributed by atoms with E-state index in [9.17, 15) is 0 Å². The molecule has 0 radical (unpaired) electrons. The minimum absolute atomic E-state index is 0.400. The van der Waals surface area contributed by atoms with Crippen molar-refractivity contribution in [1.29, 1.82) is 0 Å². The second kappa shape index (κ2) is 13.7. The van der Waals surface area contributed by atoms with Crippen LogP contribution in [0.2, 0.25) is 0 Å². The number of nitrogens with two attached hydrogens (primary N) is 2. The quantitative estimate of drug-likeness (QED) is 0.407. The Hall–Kier alpha value is 0.130. The summed E-state index contributed by atoms with van der Waals surface area (Å²) >= 11 is 5.27. The van der Waals surface area contributed by atoms with Gasteiger partial charge in [-0.05, 0) is 14.1 Å². The van der Waals surface area contributed by atoms with Crippen LogP contribution in [0, 0.1) is 0 Å². The van der Waals surface area contributed by atoms with E-state index in [2.05, 4.69) is 5.32 Å². The monoisotopic (exact) mass is 197 g/mol. The first-order valence-electron chi connectivity index (χ1n) is 3.92. The normalized spacial score (nSPS) is 18.2. The summed E-state index contributed by atoms with van der Waals surface area (Å²) in [6, 6.07) is 0. The van der Waals surface area contributed by atoms with Crippen LogP contribution in [-0.4, -0.2) is 45.8 Å². The van der Waals surface area contributed by atoms with E-state index in [1.54, 1.807) is 0 Å². The second-order valence-electron chi connectivity index (χ2n) is 2.19. The van der Waals surface area contributed by atoms with Crippen molar-refractivity contribution in [2.24, 2.45) is 11.5 Å². The van der Waals surface area contributed by atoms with Crippen molar-refractivity contribution in [1.82, 2.24) is 5.32 Å². The predicted octanol–water partition coefficient (Wildman–Crippen LogP) is -0.637. The first-order valence-corrected chi connectivity index (χ1v) is 4.46. The van der Waals surface area contributed by atoms with E-state index in [1.165, 1.54) is 0 Å². The van der Waals surface area contributed by atoms with Gasteiger partial charge in [0.05, 0.1) is 18.6 Å². The molecule has 0 amide bonds.